The average molecular weight is 302 g/mol. The molecule has 0 saturated carbocycles. The average Bonchev–Trinajstić information content (AvgIpc) is 3.21. The number of amides is 1. The van der Waals surface area contributed by atoms with E-state index < -0.39 is 0 Å². The Morgan fingerprint density at radius 1 is 1.41 bits per heavy atom. The fourth-order valence-corrected chi connectivity index (χ4v) is 2.38. The van der Waals surface area contributed by atoms with Crippen molar-refractivity contribution in [3.8, 4) is 11.5 Å². The van der Waals surface area contributed by atoms with Gasteiger partial charge < -0.3 is 19.2 Å². The van der Waals surface area contributed by atoms with E-state index in [1.165, 1.54) is 6.26 Å². The summed E-state index contributed by atoms with van der Waals surface area (Å²) in [6.45, 7) is 1.23. The van der Waals surface area contributed by atoms with E-state index in [0.717, 1.165) is 25.0 Å². The lowest BCUT2D eigenvalue weighted by Crippen LogP contribution is -2.22. The molecule has 1 atom stereocenters. The van der Waals surface area contributed by atoms with Crippen LogP contribution in [0.4, 0.5) is 5.69 Å². The molecule has 116 valence electrons. The van der Waals surface area contributed by atoms with Crippen molar-refractivity contribution in [1.82, 2.24) is 4.98 Å². The van der Waals surface area contributed by atoms with Crippen LogP contribution in [0.3, 0.4) is 0 Å². The molecule has 1 fully saturated rings. The molecule has 1 amide bonds. The van der Waals surface area contributed by atoms with Crippen LogP contribution >= 0.6 is 0 Å². The number of benzene rings is 1. The molecule has 0 spiro atoms. The fourth-order valence-electron chi connectivity index (χ4n) is 2.38. The number of ether oxygens (including phenoxy) is 2. The molecule has 6 nitrogen and oxygen atoms in total. The molecule has 0 bridgehead atoms. The number of hydrogen-bond donors (Lipinski definition) is 1. The highest BCUT2D eigenvalue weighted by Gasteiger charge is 2.16. The van der Waals surface area contributed by atoms with Crippen molar-refractivity contribution >= 4 is 11.6 Å². The molecule has 1 aliphatic heterocycles. The highest BCUT2D eigenvalue weighted by Crippen LogP contribution is 2.26. The Kier molecular flexibility index (Phi) is 4.82. The minimum absolute atomic E-state index is 0.000221. The third-order valence-electron chi connectivity index (χ3n) is 3.42. The minimum Gasteiger partial charge on any atom is -0.444 e. The number of rotatable bonds is 6. The second-order valence-corrected chi connectivity index (χ2v) is 5.08. The zero-order valence-corrected chi connectivity index (χ0v) is 12.2. The van der Waals surface area contributed by atoms with Crippen molar-refractivity contribution in [1.29, 1.82) is 0 Å². The molecule has 1 saturated heterocycles. The third kappa shape index (κ3) is 3.72. The van der Waals surface area contributed by atoms with Crippen LogP contribution in [0, 0.1) is 0 Å². The van der Waals surface area contributed by atoms with Crippen LogP contribution in [0.1, 0.15) is 12.8 Å². The van der Waals surface area contributed by atoms with Gasteiger partial charge in [-0.05, 0) is 25.0 Å². The Hall–Kier alpha value is -2.18. The molecular weight excluding hydrogens is 284 g/mol. The number of nitrogens with one attached hydrogen (secondary N) is 1. The van der Waals surface area contributed by atoms with Crippen LogP contribution in [0.5, 0.6) is 0 Å². The Bertz CT molecular complexity index is 606. The second-order valence-electron chi connectivity index (χ2n) is 5.08. The van der Waals surface area contributed by atoms with Gasteiger partial charge in [-0.15, -0.1) is 0 Å². The first-order chi connectivity index (χ1) is 10.8. The van der Waals surface area contributed by atoms with E-state index in [2.05, 4.69) is 10.3 Å². The summed E-state index contributed by atoms with van der Waals surface area (Å²) in [6, 6.07) is 7.35. The number of nitrogens with zero attached hydrogens (tertiary/aromatic N) is 1. The number of oxazole rings is 1. The molecule has 22 heavy (non-hydrogen) atoms. The van der Waals surface area contributed by atoms with E-state index in [1.54, 1.807) is 12.3 Å². The van der Waals surface area contributed by atoms with Gasteiger partial charge in [-0.1, -0.05) is 12.1 Å². The molecule has 1 unspecified atom stereocenters. The quantitative estimate of drug-likeness (QED) is 0.887. The van der Waals surface area contributed by atoms with E-state index in [1.807, 2.05) is 18.2 Å². The number of carbonyl (C=O) groups excluding carboxylic acids is 1. The summed E-state index contributed by atoms with van der Waals surface area (Å²) in [4.78, 5) is 16.1. The van der Waals surface area contributed by atoms with Gasteiger partial charge in [0.25, 0.3) is 0 Å². The first-order valence-electron chi connectivity index (χ1n) is 7.31. The summed E-state index contributed by atoms with van der Waals surface area (Å²) in [5.74, 6) is 0.258. The van der Waals surface area contributed by atoms with Crippen LogP contribution in [0.2, 0.25) is 0 Å². The lowest BCUT2D eigenvalue weighted by atomic mass is 10.2. The van der Waals surface area contributed by atoms with E-state index in [0.29, 0.717) is 18.2 Å². The van der Waals surface area contributed by atoms with Crippen LogP contribution in [-0.2, 0) is 14.3 Å². The molecular formula is C16H18N2O4. The first kappa shape index (κ1) is 14.7. The number of hydrogen-bond acceptors (Lipinski definition) is 5. The van der Waals surface area contributed by atoms with Gasteiger partial charge in [0, 0.05) is 6.61 Å². The molecule has 1 aromatic carbocycles. The molecule has 6 heteroatoms. The maximum atomic E-state index is 12.0. The monoisotopic (exact) mass is 302 g/mol. The molecule has 3 rings (SSSR count). The molecule has 0 radical (unpaired) electrons. The maximum absolute atomic E-state index is 12.0. The van der Waals surface area contributed by atoms with Gasteiger partial charge in [-0.2, -0.15) is 0 Å². The van der Waals surface area contributed by atoms with Gasteiger partial charge in [-0.25, -0.2) is 4.98 Å². The van der Waals surface area contributed by atoms with Gasteiger partial charge in [0.1, 0.15) is 12.9 Å². The summed E-state index contributed by atoms with van der Waals surface area (Å²) in [6.07, 6.45) is 5.24. The highest BCUT2D eigenvalue weighted by atomic mass is 16.5. The third-order valence-corrected chi connectivity index (χ3v) is 3.42. The van der Waals surface area contributed by atoms with Crippen LogP contribution in [0.15, 0.2) is 41.1 Å². The van der Waals surface area contributed by atoms with Crippen LogP contribution in [-0.4, -0.2) is 36.8 Å². The predicted molar refractivity (Wildman–Crippen MR) is 80.4 cm³/mol. The standard InChI is InChI=1S/C16H18N2O4/c19-15(11-20-10-12-4-3-8-21-12)18-14-6-2-1-5-13(14)16-17-7-9-22-16/h1-2,5-7,9,12H,3-4,8,10-11H2,(H,18,19). The number of anilines is 1. The van der Waals surface area contributed by atoms with Crippen molar-refractivity contribution in [2.45, 2.75) is 18.9 Å². The summed E-state index contributed by atoms with van der Waals surface area (Å²) < 4.78 is 16.1. The van der Waals surface area contributed by atoms with Crippen molar-refractivity contribution in [2.24, 2.45) is 0 Å². The Morgan fingerprint density at radius 2 is 2.32 bits per heavy atom. The van der Waals surface area contributed by atoms with Crippen molar-refractivity contribution in [3.05, 3.63) is 36.7 Å². The van der Waals surface area contributed by atoms with Crippen molar-refractivity contribution in [3.63, 3.8) is 0 Å². The molecule has 2 heterocycles. The number of para-hydroxylation sites is 1. The SMILES string of the molecule is O=C(COCC1CCCO1)Nc1ccccc1-c1ncco1. The minimum atomic E-state index is -0.211. The molecule has 1 aromatic heterocycles. The largest absolute Gasteiger partial charge is 0.444 e. The Balaban J connectivity index is 1.55. The van der Waals surface area contributed by atoms with Gasteiger partial charge in [0.2, 0.25) is 11.8 Å². The second kappa shape index (κ2) is 7.20. The van der Waals surface area contributed by atoms with Gasteiger partial charge >= 0.3 is 0 Å². The van der Waals surface area contributed by atoms with Crippen LogP contribution < -0.4 is 5.32 Å². The van der Waals surface area contributed by atoms with Gasteiger partial charge in [0.05, 0.1) is 30.2 Å². The lowest BCUT2D eigenvalue weighted by Gasteiger charge is -2.11. The molecule has 1 aliphatic rings. The summed E-state index contributed by atoms with van der Waals surface area (Å²) in [5, 5.41) is 2.82. The normalized spacial score (nSPS) is 17.5. The summed E-state index contributed by atoms with van der Waals surface area (Å²) in [7, 11) is 0. The number of aromatic nitrogens is 1. The van der Waals surface area contributed by atoms with Crippen LogP contribution in [0.25, 0.3) is 11.5 Å². The smallest absolute Gasteiger partial charge is 0.250 e. The van der Waals surface area contributed by atoms with E-state index >= 15 is 0 Å². The lowest BCUT2D eigenvalue weighted by molar-refractivity contribution is -0.121. The highest BCUT2D eigenvalue weighted by molar-refractivity contribution is 5.95. The zero-order chi connectivity index (χ0) is 15.2. The maximum Gasteiger partial charge on any atom is 0.250 e. The molecule has 0 aliphatic carbocycles. The van der Waals surface area contributed by atoms with E-state index in [9.17, 15) is 4.79 Å². The molecule has 1 N–H and O–H groups in total. The number of carbonyl (C=O) groups is 1. The zero-order valence-electron chi connectivity index (χ0n) is 12.2. The Morgan fingerprint density at radius 3 is 3.09 bits per heavy atom. The fraction of sp³-hybridized carbons (Fsp3) is 0.375. The van der Waals surface area contributed by atoms with E-state index in [-0.39, 0.29) is 18.6 Å². The van der Waals surface area contributed by atoms with Crippen molar-refractivity contribution in [2.75, 3.05) is 25.1 Å². The predicted octanol–water partition coefficient (Wildman–Crippen LogP) is 2.48. The summed E-state index contributed by atoms with van der Waals surface area (Å²) in [5.41, 5.74) is 1.38. The molecule has 2 aromatic rings. The van der Waals surface area contributed by atoms with Crippen molar-refractivity contribution < 1.29 is 18.7 Å². The summed E-state index contributed by atoms with van der Waals surface area (Å²) >= 11 is 0. The van der Waals surface area contributed by atoms with Gasteiger partial charge in [0.15, 0.2) is 0 Å². The topological polar surface area (TPSA) is 73.6 Å². The van der Waals surface area contributed by atoms with E-state index in [4.69, 9.17) is 13.9 Å². The van der Waals surface area contributed by atoms with Gasteiger partial charge in [-0.3, -0.25) is 4.79 Å². The first-order valence-corrected chi connectivity index (χ1v) is 7.31. The Labute approximate surface area is 128 Å².